The maximum Gasteiger partial charge on any atom is 0.248 e. The Morgan fingerprint density at radius 1 is 1.06 bits per heavy atom. The Labute approximate surface area is 101 Å². The van der Waals surface area contributed by atoms with E-state index >= 15 is 0 Å². The van der Waals surface area contributed by atoms with E-state index in [2.05, 4.69) is 43.1 Å². The predicted octanol–water partition coefficient (Wildman–Crippen LogP) is 2.16. The summed E-state index contributed by atoms with van der Waals surface area (Å²) in [7, 11) is 0. The third-order valence-corrected chi connectivity index (χ3v) is 2.90. The van der Waals surface area contributed by atoms with Gasteiger partial charge in [0.2, 0.25) is 11.8 Å². The smallest absolute Gasteiger partial charge is 0.248 e. The van der Waals surface area contributed by atoms with Gasteiger partial charge in [-0.3, -0.25) is 0 Å². The van der Waals surface area contributed by atoms with Gasteiger partial charge in [0.15, 0.2) is 0 Å². The number of aromatic nitrogens is 2. The summed E-state index contributed by atoms with van der Waals surface area (Å²) in [6, 6.07) is 4.22. The number of hydrogen-bond acceptors (Lipinski definition) is 4. The van der Waals surface area contributed by atoms with Crippen LogP contribution in [0.15, 0.2) is 16.5 Å². The molecule has 2 N–H and O–H groups in total. The predicted molar refractivity (Wildman–Crippen MR) is 66.7 cm³/mol. The summed E-state index contributed by atoms with van der Waals surface area (Å²) in [4.78, 5) is 0. The molecule has 2 aromatic rings. The molecule has 0 fully saturated rings. The van der Waals surface area contributed by atoms with Crippen molar-refractivity contribution in [2.45, 2.75) is 27.2 Å². The Balaban J connectivity index is 2.41. The van der Waals surface area contributed by atoms with E-state index in [9.17, 15) is 0 Å². The number of aryl methyl sites for hydroxylation is 3. The van der Waals surface area contributed by atoms with Gasteiger partial charge in [-0.25, -0.2) is 0 Å². The summed E-state index contributed by atoms with van der Waals surface area (Å²) in [6.45, 7) is 6.75. The highest BCUT2D eigenvalue weighted by atomic mass is 16.4. The quantitative estimate of drug-likeness (QED) is 0.879. The summed E-state index contributed by atoms with van der Waals surface area (Å²) in [6.07, 6.45) is 0.622. The second kappa shape index (κ2) is 4.67. The summed E-state index contributed by atoms with van der Waals surface area (Å²) >= 11 is 0. The molecule has 4 nitrogen and oxygen atoms in total. The van der Waals surface area contributed by atoms with Gasteiger partial charge in [0.25, 0.3) is 0 Å². The van der Waals surface area contributed by atoms with E-state index in [-0.39, 0.29) is 0 Å². The van der Waals surface area contributed by atoms with Crippen molar-refractivity contribution < 1.29 is 4.42 Å². The van der Waals surface area contributed by atoms with Gasteiger partial charge in [-0.2, -0.15) is 0 Å². The SMILES string of the molecule is Cc1cc(C)c(-c2nnc(CCN)o2)cc1C. The first-order valence-corrected chi connectivity index (χ1v) is 5.72. The van der Waals surface area contributed by atoms with Crippen LogP contribution in [0, 0.1) is 20.8 Å². The molecular formula is C13H17N3O. The molecule has 0 spiro atoms. The molecule has 0 atom stereocenters. The summed E-state index contributed by atoms with van der Waals surface area (Å²) in [5, 5.41) is 8.04. The third-order valence-electron chi connectivity index (χ3n) is 2.90. The lowest BCUT2D eigenvalue weighted by molar-refractivity contribution is 0.507. The van der Waals surface area contributed by atoms with E-state index in [0.717, 1.165) is 11.1 Å². The first-order valence-electron chi connectivity index (χ1n) is 5.72. The number of nitrogens with zero attached hydrogens (tertiary/aromatic N) is 2. The molecular weight excluding hydrogens is 214 g/mol. The van der Waals surface area contributed by atoms with Gasteiger partial charge in [-0.15, -0.1) is 10.2 Å². The van der Waals surface area contributed by atoms with E-state index in [0.29, 0.717) is 24.7 Å². The van der Waals surface area contributed by atoms with E-state index < -0.39 is 0 Å². The molecule has 17 heavy (non-hydrogen) atoms. The lowest BCUT2D eigenvalue weighted by Gasteiger charge is -2.05. The zero-order chi connectivity index (χ0) is 12.4. The molecule has 1 aromatic heterocycles. The molecule has 0 bridgehead atoms. The first kappa shape index (κ1) is 11.8. The second-order valence-electron chi connectivity index (χ2n) is 4.29. The van der Waals surface area contributed by atoms with Crippen LogP contribution in [0.3, 0.4) is 0 Å². The molecule has 0 saturated carbocycles. The van der Waals surface area contributed by atoms with Crippen LogP contribution < -0.4 is 5.73 Å². The largest absolute Gasteiger partial charge is 0.421 e. The van der Waals surface area contributed by atoms with Gasteiger partial charge in [0.05, 0.1) is 0 Å². The van der Waals surface area contributed by atoms with Crippen molar-refractivity contribution in [2.75, 3.05) is 6.54 Å². The van der Waals surface area contributed by atoms with E-state index in [1.165, 1.54) is 11.1 Å². The minimum Gasteiger partial charge on any atom is -0.421 e. The van der Waals surface area contributed by atoms with Crippen LogP contribution in [0.4, 0.5) is 0 Å². The number of rotatable bonds is 3. The third kappa shape index (κ3) is 2.36. The van der Waals surface area contributed by atoms with Crippen LogP contribution >= 0.6 is 0 Å². The first-order chi connectivity index (χ1) is 8.11. The van der Waals surface area contributed by atoms with Crippen LogP contribution in [-0.4, -0.2) is 16.7 Å². The Hall–Kier alpha value is -1.68. The molecule has 0 saturated heterocycles. The topological polar surface area (TPSA) is 64.9 Å². The van der Waals surface area contributed by atoms with Crippen molar-refractivity contribution in [1.82, 2.24) is 10.2 Å². The van der Waals surface area contributed by atoms with Crippen molar-refractivity contribution in [3.63, 3.8) is 0 Å². The Bertz CT molecular complexity index is 531. The minimum atomic E-state index is 0.521. The zero-order valence-corrected chi connectivity index (χ0v) is 10.4. The lowest BCUT2D eigenvalue weighted by atomic mass is 10.0. The van der Waals surface area contributed by atoms with Crippen LogP contribution in [0.1, 0.15) is 22.6 Å². The lowest BCUT2D eigenvalue weighted by Crippen LogP contribution is -2.02. The van der Waals surface area contributed by atoms with Crippen molar-refractivity contribution in [3.8, 4) is 11.5 Å². The Morgan fingerprint density at radius 2 is 1.76 bits per heavy atom. The maximum absolute atomic E-state index is 5.58. The molecule has 90 valence electrons. The van der Waals surface area contributed by atoms with Crippen molar-refractivity contribution >= 4 is 0 Å². The molecule has 0 radical (unpaired) electrons. The zero-order valence-electron chi connectivity index (χ0n) is 10.4. The van der Waals surface area contributed by atoms with E-state index in [1.807, 2.05) is 0 Å². The summed E-state index contributed by atoms with van der Waals surface area (Å²) in [5.41, 5.74) is 10.1. The average Bonchev–Trinajstić information content (AvgIpc) is 2.72. The highest BCUT2D eigenvalue weighted by Gasteiger charge is 2.11. The number of nitrogens with two attached hydrogens (primary N) is 1. The molecule has 0 aliphatic rings. The summed E-state index contributed by atoms with van der Waals surface area (Å²) < 4.78 is 5.58. The fourth-order valence-corrected chi connectivity index (χ4v) is 1.78. The van der Waals surface area contributed by atoms with Crippen LogP contribution in [-0.2, 0) is 6.42 Å². The molecule has 0 aliphatic heterocycles. The monoisotopic (exact) mass is 231 g/mol. The second-order valence-corrected chi connectivity index (χ2v) is 4.29. The van der Waals surface area contributed by atoms with Crippen molar-refractivity contribution in [2.24, 2.45) is 5.73 Å². The van der Waals surface area contributed by atoms with Crippen LogP contribution in [0.5, 0.6) is 0 Å². The average molecular weight is 231 g/mol. The number of hydrogen-bond donors (Lipinski definition) is 1. The van der Waals surface area contributed by atoms with E-state index in [4.69, 9.17) is 10.2 Å². The highest BCUT2D eigenvalue weighted by molar-refractivity contribution is 5.60. The van der Waals surface area contributed by atoms with Crippen molar-refractivity contribution in [1.29, 1.82) is 0 Å². The van der Waals surface area contributed by atoms with Gasteiger partial charge in [0.1, 0.15) is 0 Å². The normalized spacial score (nSPS) is 10.8. The maximum atomic E-state index is 5.58. The number of benzene rings is 1. The van der Waals surface area contributed by atoms with Gasteiger partial charge in [-0.1, -0.05) is 6.07 Å². The Morgan fingerprint density at radius 3 is 2.47 bits per heavy atom. The molecule has 2 rings (SSSR count). The Kier molecular flexibility index (Phi) is 3.24. The fourth-order valence-electron chi connectivity index (χ4n) is 1.78. The highest BCUT2D eigenvalue weighted by Crippen LogP contribution is 2.25. The van der Waals surface area contributed by atoms with Gasteiger partial charge < -0.3 is 10.2 Å². The van der Waals surface area contributed by atoms with E-state index in [1.54, 1.807) is 0 Å². The molecule has 1 heterocycles. The minimum absolute atomic E-state index is 0.521. The molecule has 0 aliphatic carbocycles. The molecule has 0 unspecified atom stereocenters. The van der Waals surface area contributed by atoms with Crippen molar-refractivity contribution in [3.05, 3.63) is 34.7 Å². The summed E-state index contributed by atoms with van der Waals surface area (Å²) in [5.74, 6) is 1.18. The molecule has 1 aromatic carbocycles. The standard InChI is InChI=1S/C13H17N3O/c1-8-6-10(3)11(7-9(8)2)13-16-15-12(17-13)4-5-14/h6-7H,4-5,14H2,1-3H3. The fraction of sp³-hybridized carbons (Fsp3) is 0.385. The van der Waals surface area contributed by atoms with Gasteiger partial charge in [-0.05, 0) is 43.5 Å². The molecule has 4 heteroatoms. The van der Waals surface area contributed by atoms with Crippen LogP contribution in [0.2, 0.25) is 0 Å². The van der Waals surface area contributed by atoms with Gasteiger partial charge >= 0.3 is 0 Å². The van der Waals surface area contributed by atoms with Crippen LogP contribution in [0.25, 0.3) is 11.5 Å². The van der Waals surface area contributed by atoms with Gasteiger partial charge in [0, 0.05) is 18.5 Å². The molecule has 0 amide bonds.